The van der Waals surface area contributed by atoms with Crippen LogP contribution in [0.1, 0.15) is 12.7 Å². The monoisotopic (exact) mass is 280 g/mol. The van der Waals surface area contributed by atoms with Crippen LogP contribution in [-0.4, -0.2) is 16.5 Å². The molecule has 4 nitrogen and oxygen atoms in total. The van der Waals surface area contributed by atoms with Crippen molar-refractivity contribution in [1.29, 1.82) is 0 Å². The molecule has 0 saturated heterocycles. The van der Waals surface area contributed by atoms with E-state index in [9.17, 15) is 4.39 Å². The number of nitrogens with zero attached hydrogens (tertiary/aromatic N) is 2. The molecule has 0 fully saturated rings. The second-order valence-electron chi connectivity index (χ2n) is 3.97. The summed E-state index contributed by atoms with van der Waals surface area (Å²) >= 11 is 5.96. The van der Waals surface area contributed by atoms with E-state index in [1.54, 1.807) is 19.1 Å². The minimum atomic E-state index is -0.372. The largest absolute Gasteiger partial charge is 0.370 e. The molecule has 2 aromatic rings. The van der Waals surface area contributed by atoms with Crippen LogP contribution in [0, 0.1) is 12.7 Å². The Bertz CT molecular complexity index is 589. The van der Waals surface area contributed by atoms with Crippen LogP contribution in [0.25, 0.3) is 0 Å². The molecule has 1 aromatic heterocycles. The number of nitrogens with one attached hydrogen (secondary N) is 2. The first-order valence-electron chi connectivity index (χ1n) is 5.90. The van der Waals surface area contributed by atoms with Crippen molar-refractivity contribution in [2.75, 3.05) is 17.2 Å². The molecule has 2 N–H and O–H groups in total. The normalized spacial score (nSPS) is 10.3. The van der Waals surface area contributed by atoms with Crippen LogP contribution < -0.4 is 10.6 Å². The van der Waals surface area contributed by atoms with Crippen molar-refractivity contribution in [2.45, 2.75) is 13.8 Å². The van der Waals surface area contributed by atoms with Crippen molar-refractivity contribution < 1.29 is 4.39 Å². The van der Waals surface area contributed by atoms with Gasteiger partial charge in [0.15, 0.2) is 0 Å². The number of anilines is 3. The first kappa shape index (κ1) is 13.5. The average Bonchev–Trinajstić information content (AvgIpc) is 2.32. The molecule has 100 valence electrons. The molecule has 0 unspecified atom stereocenters. The minimum absolute atomic E-state index is 0.307. The van der Waals surface area contributed by atoms with E-state index in [1.165, 1.54) is 12.1 Å². The summed E-state index contributed by atoms with van der Waals surface area (Å²) in [6.45, 7) is 4.56. The molecular weight excluding hydrogens is 267 g/mol. The van der Waals surface area contributed by atoms with Crippen molar-refractivity contribution >= 4 is 28.9 Å². The van der Waals surface area contributed by atoms with E-state index in [2.05, 4.69) is 20.6 Å². The van der Waals surface area contributed by atoms with Crippen molar-refractivity contribution in [1.82, 2.24) is 9.97 Å². The highest BCUT2D eigenvalue weighted by Crippen LogP contribution is 2.26. The van der Waals surface area contributed by atoms with Gasteiger partial charge in [-0.15, -0.1) is 0 Å². The third-order valence-corrected chi connectivity index (χ3v) is 2.70. The van der Waals surface area contributed by atoms with Gasteiger partial charge in [0.2, 0.25) is 0 Å². The number of hydrogen-bond donors (Lipinski definition) is 2. The van der Waals surface area contributed by atoms with Crippen molar-refractivity contribution in [3.63, 3.8) is 0 Å². The van der Waals surface area contributed by atoms with E-state index in [0.29, 0.717) is 22.4 Å². The maximum absolute atomic E-state index is 13.0. The summed E-state index contributed by atoms with van der Waals surface area (Å²) in [5.74, 6) is 1.61. The molecule has 0 spiro atoms. The van der Waals surface area contributed by atoms with Crippen LogP contribution >= 0.6 is 11.6 Å². The van der Waals surface area contributed by atoms with E-state index < -0.39 is 0 Å². The lowest BCUT2D eigenvalue weighted by Crippen LogP contribution is -2.04. The predicted octanol–water partition coefficient (Wildman–Crippen LogP) is 3.75. The van der Waals surface area contributed by atoms with Gasteiger partial charge in [-0.25, -0.2) is 14.4 Å². The van der Waals surface area contributed by atoms with E-state index in [4.69, 9.17) is 11.6 Å². The zero-order valence-corrected chi connectivity index (χ0v) is 11.4. The molecule has 2 rings (SSSR count). The summed E-state index contributed by atoms with van der Waals surface area (Å²) in [6.07, 6.45) is 0. The lowest BCUT2D eigenvalue weighted by Gasteiger charge is -2.10. The fourth-order valence-electron chi connectivity index (χ4n) is 1.63. The molecule has 19 heavy (non-hydrogen) atoms. The van der Waals surface area contributed by atoms with Gasteiger partial charge in [0.05, 0.1) is 10.7 Å². The summed E-state index contributed by atoms with van der Waals surface area (Å²) in [4.78, 5) is 8.51. The highest BCUT2D eigenvalue weighted by atomic mass is 35.5. The molecule has 1 aromatic carbocycles. The zero-order chi connectivity index (χ0) is 13.8. The maximum atomic E-state index is 13.0. The third-order valence-electron chi connectivity index (χ3n) is 2.39. The molecule has 1 heterocycles. The Morgan fingerprint density at radius 2 is 1.95 bits per heavy atom. The molecular formula is C13H14ClFN4. The number of halogens is 2. The average molecular weight is 281 g/mol. The zero-order valence-electron chi connectivity index (χ0n) is 10.7. The van der Waals surface area contributed by atoms with Gasteiger partial charge in [0, 0.05) is 12.6 Å². The summed E-state index contributed by atoms with van der Waals surface area (Å²) < 4.78 is 13.0. The van der Waals surface area contributed by atoms with Gasteiger partial charge < -0.3 is 10.6 Å². The molecule has 0 amide bonds. The first-order chi connectivity index (χ1) is 9.08. The highest BCUT2D eigenvalue weighted by Gasteiger charge is 2.05. The van der Waals surface area contributed by atoms with Gasteiger partial charge in [-0.1, -0.05) is 11.6 Å². The molecule has 0 aliphatic rings. The van der Waals surface area contributed by atoms with Crippen LogP contribution in [-0.2, 0) is 0 Å². The van der Waals surface area contributed by atoms with Crippen LogP contribution in [0.2, 0.25) is 5.02 Å². The third kappa shape index (κ3) is 3.54. The Balaban J connectivity index is 2.27. The molecule has 6 heteroatoms. The molecule has 0 aliphatic heterocycles. The summed E-state index contributed by atoms with van der Waals surface area (Å²) in [6, 6.07) is 5.94. The summed E-state index contributed by atoms with van der Waals surface area (Å²) in [5, 5.41) is 6.47. The smallest absolute Gasteiger partial charge is 0.136 e. The highest BCUT2D eigenvalue weighted by molar-refractivity contribution is 6.33. The first-order valence-corrected chi connectivity index (χ1v) is 6.28. The Morgan fingerprint density at radius 1 is 1.21 bits per heavy atom. The molecule has 0 atom stereocenters. The van der Waals surface area contributed by atoms with Crippen LogP contribution in [0.5, 0.6) is 0 Å². The SMILES string of the molecule is CCNc1cc(Nc2ccc(F)cc2Cl)nc(C)n1. The van der Waals surface area contributed by atoms with E-state index in [0.717, 1.165) is 12.4 Å². The molecule has 0 saturated carbocycles. The van der Waals surface area contributed by atoms with Crippen molar-refractivity contribution in [3.05, 3.63) is 40.9 Å². The Kier molecular flexibility index (Phi) is 4.16. The van der Waals surface area contributed by atoms with Crippen molar-refractivity contribution in [3.8, 4) is 0 Å². The second kappa shape index (κ2) is 5.84. The number of aromatic nitrogens is 2. The van der Waals surface area contributed by atoms with Gasteiger partial charge in [-0.2, -0.15) is 0 Å². The van der Waals surface area contributed by atoms with Gasteiger partial charge in [0.25, 0.3) is 0 Å². The number of hydrogen-bond acceptors (Lipinski definition) is 4. The number of aryl methyl sites for hydroxylation is 1. The lowest BCUT2D eigenvalue weighted by atomic mass is 10.3. The molecule has 0 aliphatic carbocycles. The Hall–Kier alpha value is -1.88. The Morgan fingerprint density at radius 3 is 2.63 bits per heavy atom. The van der Waals surface area contributed by atoms with Gasteiger partial charge >= 0.3 is 0 Å². The summed E-state index contributed by atoms with van der Waals surface area (Å²) in [7, 11) is 0. The number of benzene rings is 1. The minimum Gasteiger partial charge on any atom is -0.370 e. The molecule has 0 radical (unpaired) electrons. The van der Waals surface area contributed by atoms with Crippen LogP contribution in [0.3, 0.4) is 0 Å². The topological polar surface area (TPSA) is 49.8 Å². The van der Waals surface area contributed by atoms with Crippen LogP contribution in [0.15, 0.2) is 24.3 Å². The van der Waals surface area contributed by atoms with E-state index >= 15 is 0 Å². The standard InChI is InChI=1S/C13H14ClFN4/c1-3-16-12-7-13(18-8(2)17-12)19-11-5-4-9(15)6-10(11)14/h4-7H,3H2,1-2H3,(H2,16,17,18,19). The predicted molar refractivity (Wildman–Crippen MR) is 75.6 cm³/mol. The summed E-state index contributed by atoms with van der Waals surface area (Å²) in [5.41, 5.74) is 0.601. The second-order valence-corrected chi connectivity index (χ2v) is 4.37. The van der Waals surface area contributed by atoms with Gasteiger partial charge in [-0.05, 0) is 32.0 Å². The fourth-order valence-corrected chi connectivity index (χ4v) is 1.85. The maximum Gasteiger partial charge on any atom is 0.136 e. The van der Waals surface area contributed by atoms with E-state index in [-0.39, 0.29) is 5.82 Å². The molecule has 0 bridgehead atoms. The van der Waals surface area contributed by atoms with Crippen LogP contribution in [0.4, 0.5) is 21.7 Å². The fraction of sp³-hybridized carbons (Fsp3) is 0.231. The Labute approximate surface area is 116 Å². The lowest BCUT2D eigenvalue weighted by molar-refractivity contribution is 0.628. The van der Waals surface area contributed by atoms with Gasteiger partial charge in [0.1, 0.15) is 23.3 Å². The quantitative estimate of drug-likeness (QED) is 0.895. The van der Waals surface area contributed by atoms with E-state index in [1.807, 2.05) is 6.92 Å². The van der Waals surface area contributed by atoms with Gasteiger partial charge in [-0.3, -0.25) is 0 Å². The van der Waals surface area contributed by atoms with Crippen molar-refractivity contribution in [2.24, 2.45) is 0 Å². The number of rotatable bonds is 4.